The molecule has 4 heteroatoms. The first-order chi connectivity index (χ1) is 7.74. The summed E-state index contributed by atoms with van der Waals surface area (Å²) in [5.74, 6) is 0.112. The molecular weight excluding hydrogens is 222 g/mol. The zero-order chi connectivity index (χ0) is 11.5. The van der Waals surface area contributed by atoms with E-state index in [-0.39, 0.29) is 23.1 Å². The average Bonchev–Trinajstić information content (AvgIpc) is 2.49. The Morgan fingerprint density at radius 2 is 1.75 bits per heavy atom. The van der Waals surface area contributed by atoms with Crippen molar-refractivity contribution in [2.24, 2.45) is 0 Å². The van der Waals surface area contributed by atoms with Gasteiger partial charge in [-0.25, -0.2) is 0 Å². The molecule has 2 fully saturated rings. The second-order valence-corrected chi connectivity index (χ2v) is 5.72. The molecule has 2 aliphatic rings. The van der Waals surface area contributed by atoms with Crippen LogP contribution in [0.5, 0.6) is 0 Å². The number of nitrogens with zero attached hydrogens (tertiary/aromatic N) is 1. The van der Waals surface area contributed by atoms with E-state index in [4.69, 9.17) is 0 Å². The molecule has 16 heavy (non-hydrogen) atoms. The third kappa shape index (κ3) is 2.26. The van der Waals surface area contributed by atoms with Crippen LogP contribution in [0, 0.1) is 0 Å². The van der Waals surface area contributed by atoms with Crippen LogP contribution in [0.25, 0.3) is 0 Å². The number of hydrogen-bond acceptors (Lipinski definition) is 3. The summed E-state index contributed by atoms with van der Waals surface area (Å²) in [6.07, 6.45) is 9.16. The fourth-order valence-corrected chi connectivity index (χ4v) is 3.33. The van der Waals surface area contributed by atoms with E-state index in [1.807, 2.05) is 6.26 Å². The van der Waals surface area contributed by atoms with E-state index in [0.717, 1.165) is 25.7 Å². The van der Waals surface area contributed by atoms with Crippen molar-refractivity contribution in [3.8, 4) is 0 Å². The predicted octanol–water partition coefficient (Wildman–Crippen LogP) is 2.20. The molecule has 1 saturated carbocycles. The molecule has 1 aliphatic carbocycles. The highest BCUT2D eigenvalue weighted by molar-refractivity contribution is 8.00. The lowest BCUT2D eigenvalue weighted by Gasteiger charge is -2.25. The lowest BCUT2D eigenvalue weighted by molar-refractivity contribution is -0.141. The maximum atomic E-state index is 12.0. The molecule has 0 bridgehead atoms. The number of rotatable bonds is 2. The Bertz CT molecular complexity index is 285. The molecule has 1 heterocycles. The van der Waals surface area contributed by atoms with Crippen LogP contribution in [0.2, 0.25) is 0 Å². The smallest absolute Gasteiger partial charge is 0.243 e. The molecule has 1 aliphatic heterocycles. The van der Waals surface area contributed by atoms with Gasteiger partial charge in [0.2, 0.25) is 11.8 Å². The maximum Gasteiger partial charge on any atom is 0.243 e. The summed E-state index contributed by atoms with van der Waals surface area (Å²) in [5, 5.41) is -0.115. The number of imide groups is 1. The molecule has 90 valence electrons. The molecule has 0 spiro atoms. The first kappa shape index (κ1) is 12.0. The molecule has 0 aromatic heterocycles. The number of carbonyl (C=O) groups excluding carboxylic acids is 2. The van der Waals surface area contributed by atoms with Gasteiger partial charge in [-0.15, -0.1) is 0 Å². The molecular formula is C12H19NO2S. The summed E-state index contributed by atoms with van der Waals surface area (Å²) in [5.41, 5.74) is 0. The van der Waals surface area contributed by atoms with Crippen molar-refractivity contribution >= 4 is 23.6 Å². The first-order valence-electron chi connectivity index (χ1n) is 6.12. The van der Waals surface area contributed by atoms with E-state index >= 15 is 0 Å². The molecule has 1 saturated heterocycles. The molecule has 3 nitrogen and oxygen atoms in total. The van der Waals surface area contributed by atoms with Crippen molar-refractivity contribution in [1.29, 1.82) is 0 Å². The van der Waals surface area contributed by atoms with Gasteiger partial charge in [-0.2, -0.15) is 11.8 Å². The van der Waals surface area contributed by atoms with Crippen LogP contribution < -0.4 is 0 Å². The van der Waals surface area contributed by atoms with Crippen LogP contribution in [0.3, 0.4) is 0 Å². The van der Waals surface area contributed by atoms with Crippen LogP contribution in [0.15, 0.2) is 0 Å². The molecule has 2 rings (SSSR count). The molecule has 0 radical (unpaired) electrons. The fourth-order valence-electron chi connectivity index (χ4n) is 2.71. The zero-order valence-corrected chi connectivity index (χ0v) is 10.6. The van der Waals surface area contributed by atoms with Crippen LogP contribution >= 0.6 is 11.8 Å². The van der Waals surface area contributed by atoms with Crippen molar-refractivity contribution in [3.05, 3.63) is 0 Å². The molecule has 1 unspecified atom stereocenters. The minimum atomic E-state index is -0.115. The van der Waals surface area contributed by atoms with Crippen molar-refractivity contribution < 1.29 is 9.59 Å². The lowest BCUT2D eigenvalue weighted by Crippen LogP contribution is -2.40. The van der Waals surface area contributed by atoms with E-state index in [1.54, 1.807) is 4.90 Å². The Kier molecular flexibility index (Phi) is 3.90. The Labute approximate surface area is 101 Å². The number of likely N-dealkylation sites (tertiary alicyclic amines) is 1. The summed E-state index contributed by atoms with van der Waals surface area (Å²) < 4.78 is 0. The van der Waals surface area contributed by atoms with Crippen LogP contribution in [-0.2, 0) is 9.59 Å². The standard InChI is InChI=1S/C12H19NO2S/c1-16-10-8-11(14)13(12(10)15)9-6-4-2-3-5-7-9/h9-10H,2-8H2,1H3. The second kappa shape index (κ2) is 5.21. The van der Waals surface area contributed by atoms with Gasteiger partial charge in [-0.05, 0) is 19.1 Å². The number of amides is 2. The third-order valence-corrected chi connectivity index (χ3v) is 4.55. The summed E-state index contributed by atoms with van der Waals surface area (Å²) in [7, 11) is 0. The lowest BCUT2D eigenvalue weighted by atomic mass is 10.1. The van der Waals surface area contributed by atoms with Gasteiger partial charge >= 0.3 is 0 Å². The predicted molar refractivity (Wildman–Crippen MR) is 65.3 cm³/mol. The van der Waals surface area contributed by atoms with Gasteiger partial charge < -0.3 is 0 Å². The second-order valence-electron chi connectivity index (χ2n) is 4.68. The Morgan fingerprint density at radius 1 is 1.12 bits per heavy atom. The van der Waals surface area contributed by atoms with E-state index in [0.29, 0.717) is 6.42 Å². The van der Waals surface area contributed by atoms with E-state index in [9.17, 15) is 9.59 Å². The maximum absolute atomic E-state index is 12.0. The summed E-state index contributed by atoms with van der Waals surface area (Å²) >= 11 is 1.51. The van der Waals surface area contributed by atoms with Gasteiger partial charge in [-0.3, -0.25) is 14.5 Å². The molecule has 2 amide bonds. The van der Waals surface area contributed by atoms with Gasteiger partial charge in [0.05, 0.1) is 5.25 Å². The zero-order valence-electron chi connectivity index (χ0n) is 9.78. The van der Waals surface area contributed by atoms with Gasteiger partial charge in [0.1, 0.15) is 0 Å². The third-order valence-electron chi connectivity index (χ3n) is 3.62. The van der Waals surface area contributed by atoms with Gasteiger partial charge in [0.15, 0.2) is 0 Å². The minimum absolute atomic E-state index is 0.0521. The molecule has 0 aromatic carbocycles. The minimum Gasteiger partial charge on any atom is -0.278 e. The van der Waals surface area contributed by atoms with Gasteiger partial charge in [-0.1, -0.05) is 25.7 Å². The molecule has 0 N–H and O–H groups in total. The summed E-state index contributed by atoms with van der Waals surface area (Å²) in [6.45, 7) is 0. The number of carbonyl (C=O) groups is 2. The van der Waals surface area contributed by atoms with Crippen LogP contribution in [0.4, 0.5) is 0 Å². The highest BCUT2D eigenvalue weighted by Crippen LogP contribution is 2.30. The highest BCUT2D eigenvalue weighted by Gasteiger charge is 2.41. The van der Waals surface area contributed by atoms with Crippen LogP contribution in [-0.4, -0.2) is 34.3 Å². The van der Waals surface area contributed by atoms with E-state index in [2.05, 4.69) is 0 Å². The van der Waals surface area contributed by atoms with Gasteiger partial charge in [0.25, 0.3) is 0 Å². The number of hydrogen-bond donors (Lipinski definition) is 0. The topological polar surface area (TPSA) is 37.4 Å². The SMILES string of the molecule is CSC1CC(=O)N(C2CCCCCC2)C1=O. The molecule has 0 aromatic rings. The normalized spacial score (nSPS) is 28.6. The van der Waals surface area contributed by atoms with Crippen molar-refractivity contribution in [1.82, 2.24) is 4.90 Å². The quantitative estimate of drug-likeness (QED) is 0.549. The Hall–Kier alpha value is -0.510. The highest BCUT2D eigenvalue weighted by atomic mass is 32.2. The summed E-state index contributed by atoms with van der Waals surface area (Å²) in [6, 6.07) is 0.194. The van der Waals surface area contributed by atoms with E-state index < -0.39 is 0 Å². The van der Waals surface area contributed by atoms with Crippen molar-refractivity contribution in [2.75, 3.05) is 6.26 Å². The first-order valence-corrected chi connectivity index (χ1v) is 7.41. The fraction of sp³-hybridized carbons (Fsp3) is 0.833. The average molecular weight is 241 g/mol. The number of thioether (sulfide) groups is 1. The van der Waals surface area contributed by atoms with E-state index in [1.165, 1.54) is 24.6 Å². The van der Waals surface area contributed by atoms with Crippen molar-refractivity contribution in [3.63, 3.8) is 0 Å². The Morgan fingerprint density at radius 3 is 2.25 bits per heavy atom. The van der Waals surface area contributed by atoms with Crippen LogP contribution in [0.1, 0.15) is 44.9 Å². The van der Waals surface area contributed by atoms with Crippen molar-refractivity contribution in [2.45, 2.75) is 56.2 Å². The summed E-state index contributed by atoms with van der Waals surface area (Å²) in [4.78, 5) is 25.5. The largest absolute Gasteiger partial charge is 0.278 e. The monoisotopic (exact) mass is 241 g/mol. The van der Waals surface area contributed by atoms with Gasteiger partial charge in [0, 0.05) is 12.5 Å². The molecule has 1 atom stereocenters. The Balaban J connectivity index is 2.07.